The summed E-state index contributed by atoms with van der Waals surface area (Å²) in [4.78, 5) is 0. The molecular weight excluding hydrogens is 236 g/mol. The lowest BCUT2D eigenvalue weighted by atomic mass is 9.97. The number of rotatable bonds is 4. The van der Waals surface area contributed by atoms with E-state index in [1.807, 2.05) is 18.2 Å². The maximum atomic E-state index is 5.17. The van der Waals surface area contributed by atoms with Crippen LogP contribution in [0.4, 0.5) is 0 Å². The zero-order valence-corrected chi connectivity index (χ0v) is 12.8. The molecule has 0 fully saturated rings. The molecule has 0 saturated heterocycles. The van der Waals surface area contributed by atoms with Gasteiger partial charge in [0.05, 0.1) is 7.11 Å². The van der Waals surface area contributed by atoms with Gasteiger partial charge in [0, 0.05) is 5.92 Å². The highest BCUT2D eigenvalue weighted by atomic mass is 28.3. The second kappa shape index (κ2) is 6.46. The third-order valence-corrected chi connectivity index (χ3v) is 3.44. The maximum Gasteiger partial charge on any atom is 0.129 e. The van der Waals surface area contributed by atoms with E-state index in [2.05, 4.69) is 49.8 Å². The molecule has 0 aliphatic rings. The first kappa shape index (κ1) is 14.6. The summed E-state index contributed by atoms with van der Waals surface area (Å²) in [5.41, 5.74) is 4.68. The first-order chi connectivity index (χ1) is 8.46. The molecule has 1 aromatic rings. The number of methoxy groups -OCH3 is 1. The second-order valence-electron chi connectivity index (χ2n) is 5.37. The predicted octanol–water partition coefficient (Wildman–Crippen LogP) is 4.24. The minimum atomic E-state index is -1.32. The Balaban J connectivity index is 2.95. The molecular formula is C16H22OSi. The van der Waals surface area contributed by atoms with E-state index in [1.54, 1.807) is 7.11 Å². The molecule has 18 heavy (non-hydrogen) atoms. The van der Waals surface area contributed by atoms with Crippen LogP contribution in [0.2, 0.25) is 19.6 Å². The lowest BCUT2D eigenvalue weighted by Gasteiger charge is -2.11. The van der Waals surface area contributed by atoms with Crippen LogP contribution in [0.25, 0.3) is 0 Å². The van der Waals surface area contributed by atoms with E-state index in [4.69, 9.17) is 4.74 Å². The van der Waals surface area contributed by atoms with Gasteiger partial charge in [0.15, 0.2) is 0 Å². The van der Waals surface area contributed by atoms with E-state index in [0.29, 0.717) is 0 Å². The Morgan fingerprint density at radius 3 is 2.33 bits per heavy atom. The van der Waals surface area contributed by atoms with Crippen LogP contribution >= 0.6 is 0 Å². The van der Waals surface area contributed by atoms with E-state index in [9.17, 15) is 0 Å². The Hall–Kier alpha value is -1.46. The number of benzene rings is 1. The van der Waals surface area contributed by atoms with Crippen molar-refractivity contribution in [1.29, 1.82) is 0 Å². The Kier molecular flexibility index (Phi) is 5.24. The summed E-state index contributed by atoms with van der Waals surface area (Å²) in [5.74, 6) is 4.55. The largest absolute Gasteiger partial charge is 0.497 e. The van der Waals surface area contributed by atoms with Crippen molar-refractivity contribution in [2.75, 3.05) is 7.11 Å². The number of hydrogen-bond acceptors (Lipinski definition) is 1. The Morgan fingerprint density at radius 1 is 1.28 bits per heavy atom. The lowest BCUT2D eigenvalue weighted by Crippen LogP contribution is -2.16. The van der Waals surface area contributed by atoms with Gasteiger partial charge in [0.2, 0.25) is 0 Å². The molecule has 0 radical (unpaired) electrons. The van der Waals surface area contributed by atoms with Crippen LogP contribution in [0.5, 0.6) is 5.75 Å². The van der Waals surface area contributed by atoms with Crippen molar-refractivity contribution in [2.24, 2.45) is 0 Å². The van der Waals surface area contributed by atoms with Crippen molar-refractivity contribution in [2.45, 2.75) is 32.0 Å². The molecule has 1 rings (SSSR count). The van der Waals surface area contributed by atoms with Crippen molar-refractivity contribution in [3.05, 3.63) is 42.5 Å². The van der Waals surface area contributed by atoms with Gasteiger partial charge in [-0.1, -0.05) is 37.8 Å². The average molecular weight is 258 g/mol. The fourth-order valence-electron chi connectivity index (χ4n) is 1.58. The maximum absolute atomic E-state index is 5.17. The molecule has 0 heterocycles. The van der Waals surface area contributed by atoms with Gasteiger partial charge in [-0.2, -0.15) is 0 Å². The topological polar surface area (TPSA) is 9.23 Å². The molecule has 1 unspecified atom stereocenters. The molecule has 1 nitrogen and oxygen atoms in total. The molecule has 1 atom stereocenters. The highest BCUT2D eigenvalue weighted by Crippen LogP contribution is 2.22. The van der Waals surface area contributed by atoms with Gasteiger partial charge in [-0.15, -0.1) is 18.0 Å². The second-order valence-corrected chi connectivity index (χ2v) is 10.1. The van der Waals surface area contributed by atoms with Crippen LogP contribution in [0, 0.1) is 11.5 Å². The average Bonchev–Trinajstić information content (AvgIpc) is 2.33. The van der Waals surface area contributed by atoms with Gasteiger partial charge in [-0.05, 0) is 24.1 Å². The standard InChI is InChI=1S/C16H22OSi/c1-6-7-14(12-13-18(3,4)5)15-8-10-16(17-2)11-9-15/h6,8-11,14H,1,7H2,2-5H3. The summed E-state index contributed by atoms with van der Waals surface area (Å²) in [6.07, 6.45) is 2.83. The van der Waals surface area contributed by atoms with E-state index in [0.717, 1.165) is 12.2 Å². The number of ether oxygens (including phenoxy) is 1. The molecule has 0 amide bonds. The van der Waals surface area contributed by atoms with Crippen molar-refractivity contribution in [3.8, 4) is 17.2 Å². The van der Waals surface area contributed by atoms with Crippen molar-refractivity contribution >= 4 is 8.07 Å². The molecule has 0 aliphatic carbocycles. The van der Waals surface area contributed by atoms with Gasteiger partial charge in [-0.3, -0.25) is 0 Å². The molecule has 2 heteroatoms. The Labute approximate surface area is 112 Å². The van der Waals surface area contributed by atoms with Gasteiger partial charge in [-0.25, -0.2) is 0 Å². The summed E-state index contributed by atoms with van der Waals surface area (Å²) in [6.45, 7) is 10.6. The first-order valence-corrected chi connectivity index (χ1v) is 9.74. The van der Waals surface area contributed by atoms with Gasteiger partial charge < -0.3 is 4.74 Å². The van der Waals surface area contributed by atoms with Crippen LogP contribution < -0.4 is 4.74 Å². The first-order valence-electron chi connectivity index (χ1n) is 6.24. The zero-order valence-electron chi connectivity index (χ0n) is 11.8. The smallest absolute Gasteiger partial charge is 0.129 e. The summed E-state index contributed by atoms with van der Waals surface area (Å²) in [7, 11) is 0.362. The van der Waals surface area contributed by atoms with E-state index < -0.39 is 8.07 Å². The summed E-state index contributed by atoms with van der Waals surface area (Å²) < 4.78 is 5.17. The predicted molar refractivity (Wildman–Crippen MR) is 81.7 cm³/mol. The minimum Gasteiger partial charge on any atom is -0.497 e. The molecule has 96 valence electrons. The summed E-state index contributed by atoms with van der Waals surface area (Å²) >= 11 is 0. The van der Waals surface area contributed by atoms with Crippen LogP contribution in [-0.2, 0) is 0 Å². The third-order valence-electron chi connectivity index (χ3n) is 2.54. The Morgan fingerprint density at radius 2 is 1.89 bits per heavy atom. The third kappa shape index (κ3) is 4.81. The molecule has 1 aromatic carbocycles. The number of allylic oxidation sites excluding steroid dienone is 1. The number of hydrogen-bond donors (Lipinski definition) is 0. The fourth-order valence-corrected chi connectivity index (χ4v) is 2.19. The summed E-state index contributed by atoms with van der Waals surface area (Å²) in [5, 5.41) is 0. The van der Waals surface area contributed by atoms with Crippen LogP contribution in [-0.4, -0.2) is 15.2 Å². The monoisotopic (exact) mass is 258 g/mol. The van der Waals surface area contributed by atoms with E-state index in [1.165, 1.54) is 5.56 Å². The molecule has 0 N–H and O–H groups in total. The van der Waals surface area contributed by atoms with E-state index in [-0.39, 0.29) is 5.92 Å². The molecule has 0 aromatic heterocycles. The normalized spacial score (nSPS) is 12.2. The lowest BCUT2D eigenvalue weighted by molar-refractivity contribution is 0.414. The van der Waals surface area contributed by atoms with Gasteiger partial charge in [0.1, 0.15) is 13.8 Å². The quantitative estimate of drug-likeness (QED) is 0.446. The van der Waals surface area contributed by atoms with Gasteiger partial charge >= 0.3 is 0 Å². The minimum absolute atomic E-state index is 0.250. The van der Waals surface area contributed by atoms with Crippen molar-refractivity contribution in [3.63, 3.8) is 0 Å². The molecule has 0 aliphatic heterocycles. The van der Waals surface area contributed by atoms with Crippen molar-refractivity contribution < 1.29 is 4.74 Å². The van der Waals surface area contributed by atoms with Crippen LogP contribution in [0.15, 0.2) is 36.9 Å². The Bertz CT molecular complexity index is 443. The van der Waals surface area contributed by atoms with Gasteiger partial charge in [0.25, 0.3) is 0 Å². The SMILES string of the molecule is C=CCC(C#C[Si](C)(C)C)c1ccc(OC)cc1. The van der Waals surface area contributed by atoms with Crippen LogP contribution in [0.1, 0.15) is 17.9 Å². The van der Waals surface area contributed by atoms with Crippen molar-refractivity contribution in [1.82, 2.24) is 0 Å². The highest BCUT2D eigenvalue weighted by Gasteiger charge is 2.11. The zero-order chi connectivity index (χ0) is 13.6. The molecule has 0 spiro atoms. The highest BCUT2D eigenvalue weighted by molar-refractivity contribution is 6.83. The van der Waals surface area contributed by atoms with Crippen LogP contribution in [0.3, 0.4) is 0 Å². The summed E-state index contributed by atoms with van der Waals surface area (Å²) in [6, 6.07) is 8.15. The molecule has 0 saturated carbocycles. The van der Waals surface area contributed by atoms with E-state index >= 15 is 0 Å². The molecule has 0 bridgehead atoms. The fraction of sp³-hybridized carbons (Fsp3) is 0.375.